The molecule has 0 saturated heterocycles. The molecule has 0 spiro atoms. The van der Waals surface area contributed by atoms with Crippen LogP contribution in [0.2, 0.25) is 0 Å². The van der Waals surface area contributed by atoms with Crippen molar-refractivity contribution in [3.05, 3.63) is 50.7 Å². The van der Waals surface area contributed by atoms with Gasteiger partial charge in [-0.25, -0.2) is 4.39 Å². The number of halogens is 3. The lowest BCUT2D eigenvalue weighted by Crippen LogP contribution is -2.15. The number of ether oxygens (including phenoxy) is 2. The zero-order valence-corrected chi connectivity index (χ0v) is 14.1. The molecule has 2 aromatic carbocycles. The van der Waals surface area contributed by atoms with Gasteiger partial charge in [0.05, 0.1) is 5.69 Å². The third-order valence-corrected chi connectivity index (χ3v) is 4.27. The second-order valence-electron chi connectivity index (χ2n) is 4.56. The van der Waals surface area contributed by atoms with Crippen molar-refractivity contribution in [2.24, 2.45) is 0 Å². The minimum Gasteiger partial charge on any atom is -0.486 e. The predicted octanol–water partition coefficient (Wildman–Crippen LogP) is 4.73. The molecule has 0 bridgehead atoms. The molecule has 0 unspecified atom stereocenters. The fourth-order valence-corrected chi connectivity index (χ4v) is 2.85. The van der Waals surface area contributed by atoms with Crippen LogP contribution < -0.4 is 14.8 Å². The van der Waals surface area contributed by atoms with Gasteiger partial charge in [-0.1, -0.05) is 22.0 Å². The maximum absolute atomic E-state index is 13.8. The molecule has 0 atom stereocenters. The molecule has 0 saturated carbocycles. The molecular weight excluding hydrogens is 405 g/mol. The second kappa shape index (κ2) is 6.23. The van der Waals surface area contributed by atoms with E-state index >= 15 is 0 Å². The van der Waals surface area contributed by atoms with E-state index in [9.17, 15) is 4.39 Å². The Bertz CT molecular complexity index is 679. The van der Waals surface area contributed by atoms with Crippen molar-refractivity contribution in [2.45, 2.75) is 6.54 Å². The van der Waals surface area contributed by atoms with E-state index in [2.05, 4.69) is 37.2 Å². The van der Waals surface area contributed by atoms with Gasteiger partial charge in [-0.05, 0) is 28.1 Å². The van der Waals surface area contributed by atoms with Crippen molar-refractivity contribution in [1.82, 2.24) is 0 Å². The first-order valence-electron chi connectivity index (χ1n) is 6.40. The number of benzene rings is 2. The summed E-state index contributed by atoms with van der Waals surface area (Å²) in [6.45, 7) is 1.48. The summed E-state index contributed by atoms with van der Waals surface area (Å²) in [6.07, 6.45) is 0. The molecule has 3 rings (SSSR count). The summed E-state index contributed by atoms with van der Waals surface area (Å²) in [6, 6.07) is 8.73. The Morgan fingerprint density at radius 3 is 2.48 bits per heavy atom. The van der Waals surface area contributed by atoms with Crippen LogP contribution in [0.25, 0.3) is 0 Å². The Kier molecular flexibility index (Phi) is 4.35. The molecule has 6 heteroatoms. The Morgan fingerprint density at radius 2 is 1.76 bits per heavy atom. The molecule has 1 aliphatic rings. The molecule has 0 aliphatic carbocycles. The van der Waals surface area contributed by atoms with Crippen molar-refractivity contribution in [2.75, 3.05) is 18.5 Å². The van der Waals surface area contributed by atoms with E-state index in [1.165, 1.54) is 6.07 Å². The summed E-state index contributed by atoms with van der Waals surface area (Å²) in [5.74, 6) is 1.17. The lowest BCUT2D eigenvalue weighted by Gasteiger charge is -2.20. The number of hydrogen-bond donors (Lipinski definition) is 1. The van der Waals surface area contributed by atoms with Gasteiger partial charge in [0.25, 0.3) is 0 Å². The predicted molar refractivity (Wildman–Crippen MR) is 86.6 cm³/mol. The molecular formula is C15H12Br2FNO2. The summed E-state index contributed by atoms with van der Waals surface area (Å²) < 4.78 is 26.4. The molecule has 3 nitrogen and oxygen atoms in total. The molecule has 2 aromatic rings. The van der Waals surface area contributed by atoms with Crippen molar-refractivity contribution in [3.8, 4) is 11.5 Å². The van der Waals surface area contributed by atoms with E-state index in [0.717, 1.165) is 14.6 Å². The van der Waals surface area contributed by atoms with Crippen LogP contribution in [-0.2, 0) is 6.54 Å². The number of rotatable bonds is 3. The van der Waals surface area contributed by atoms with Crippen molar-refractivity contribution in [1.29, 1.82) is 0 Å². The maximum atomic E-state index is 13.8. The van der Waals surface area contributed by atoms with E-state index in [1.807, 2.05) is 18.2 Å². The maximum Gasteiger partial charge on any atom is 0.163 e. The van der Waals surface area contributed by atoms with Crippen LogP contribution in [0, 0.1) is 5.82 Å². The van der Waals surface area contributed by atoms with Crippen LogP contribution in [-0.4, -0.2) is 13.2 Å². The number of fused-ring (bicyclic) bond motifs is 1. The van der Waals surface area contributed by atoms with Crippen LogP contribution >= 0.6 is 31.9 Å². The quantitative estimate of drug-likeness (QED) is 0.784. The van der Waals surface area contributed by atoms with Gasteiger partial charge in [-0.15, -0.1) is 0 Å². The minimum atomic E-state index is -0.245. The van der Waals surface area contributed by atoms with E-state index in [4.69, 9.17) is 9.47 Å². The topological polar surface area (TPSA) is 30.5 Å². The number of nitrogens with one attached hydrogen (secondary N) is 1. The average molecular weight is 417 g/mol. The minimum absolute atomic E-state index is 0.245. The highest BCUT2D eigenvalue weighted by Gasteiger charge is 2.15. The second-order valence-corrected chi connectivity index (χ2v) is 6.34. The summed E-state index contributed by atoms with van der Waals surface area (Å²) in [5.41, 5.74) is 1.43. The Labute approximate surface area is 138 Å². The monoisotopic (exact) mass is 415 g/mol. The summed E-state index contributed by atoms with van der Waals surface area (Å²) in [7, 11) is 0. The Morgan fingerprint density at radius 1 is 1.05 bits per heavy atom. The van der Waals surface area contributed by atoms with Gasteiger partial charge in [0.15, 0.2) is 11.5 Å². The summed E-state index contributed by atoms with van der Waals surface area (Å²) >= 11 is 6.73. The van der Waals surface area contributed by atoms with Crippen LogP contribution in [0.3, 0.4) is 0 Å². The van der Waals surface area contributed by atoms with Gasteiger partial charge >= 0.3 is 0 Å². The third-order valence-electron chi connectivity index (χ3n) is 3.12. The zero-order chi connectivity index (χ0) is 14.8. The fraction of sp³-hybridized carbons (Fsp3) is 0.200. The molecule has 0 radical (unpaired) electrons. The van der Waals surface area contributed by atoms with Crippen molar-refractivity contribution < 1.29 is 13.9 Å². The first-order valence-corrected chi connectivity index (χ1v) is 7.99. The van der Waals surface area contributed by atoms with E-state index in [1.54, 1.807) is 6.07 Å². The Hall–Kier alpha value is -1.27. The highest BCUT2D eigenvalue weighted by Crippen LogP contribution is 2.38. The van der Waals surface area contributed by atoms with Gasteiger partial charge < -0.3 is 14.8 Å². The van der Waals surface area contributed by atoms with Crippen molar-refractivity contribution >= 4 is 37.5 Å². The fourth-order valence-electron chi connectivity index (χ4n) is 2.05. The van der Waals surface area contributed by atoms with Crippen LogP contribution in [0.15, 0.2) is 39.3 Å². The molecule has 110 valence electrons. The average Bonchev–Trinajstić information content (AvgIpc) is 2.46. The third kappa shape index (κ3) is 3.32. The van der Waals surface area contributed by atoms with E-state index in [0.29, 0.717) is 36.8 Å². The molecule has 1 aliphatic heterocycles. The van der Waals surface area contributed by atoms with Gasteiger partial charge in [0.2, 0.25) is 0 Å². The van der Waals surface area contributed by atoms with Gasteiger partial charge in [-0.2, -0.15) is 0 Å². The molecule has 1 N–H and O–H groups in total. The standard InChI is InChI=1S/C15H12Br2FNO2/c16-10-2-1-9(12(18)5-10)8-19-13-7-15-14(6-11(13)17)20-3-4-21-15/h1-2,5-7,19H,3-4,8H2. The summed E-state index contributed by atoms with van der Waals surface area (Å²) in [4.78, 5) is 0. The molecule has 0 aromatic heterocycles. The van der Waals surface area contributed by atoms with Crippen LogP contribution in [0.5, 0.6) is 11.5 Å². The van der Waals surface area contributed by atoms with E-state index < -0.39 is 0 Å². The smallest absolute Gasteiger partial charge is 0.163 e. The summed E-state index contributed by atoms with van der Waals surface area (Å²) in [5, 5.41) is 3.20. The molecule has 0 amide bonds. The molecule has 0 fully saturated rings. The highest BCUT2D eigenvalue weighted by atomic mass is 79.9. The lowest BCUT2D eigenvalue weighted by atomic mass is 10.2. The normalized spacial score (nSPS) is 13.1. The number of anilines is 1. The van der Waals surface area contributed by atoms with Gasteiger partial charge in [0.1, 0.15) is 19.0 Å². The molecule has 21 heavy (non-hydrogen) atoms. The van der Waals surface area contributed by atoms with Gasteiger partial charge in [0, 0.05) is 33.2 Å². The van der Waals surface area contributed by atoms with Crippen molar-refractivity contribution in [3.63, 3.8) is 0 Å². The first kappa shape index (κ1) is 14.7. The lowest BCUT2D eigenvalue weighted by molar-refractivity contribution is 0.171. The van der Waals surface area contributed by atoms with Crippen LogP contribution in [0.4, 0.5) is 10.1 Å². The highest BCUT2D eigenvalue weighted by molar-refractivity contribution is 9.10. The molecule has 1 heterocycles. The van der Waals surface area contributed by atoms with Gasteiger partial charge in [-0.3, -0.25) is 0 Å². The largest absolute Gasteiger partial charge is 0.486 e. The Balaban J connectivity index is 1.78. The van der Waals surface area contributed by atoms with E-state index in [-0.39, 0.29) is 5.82 Å². The first-order chi connectivity index (χ1) is 10.1. The number of hydrogen-bond acceptors (Lipinski definition) is 3. The SMILES string of the molecule is Fc1cc(Br)ccc1CNc1cc2c(cc1Br)OCCO2. The zero-order valence-electron chi connectivity index (χ0n) is 11.0. The van der Waals surface area contributed by atoms with Crippen LogP contribution in [0.1, 0.15) is 5.56 Å².